The topological polar surface area (TPSA) is 66.2 Å². The number of methoxy groups -OCH3 is 2. The lowest BCUT2D eigenvalue weighted by Gasteiger charge is -2.26. The molecule has 1 heterocycles. The van der Waals surface area contributed by atoms with Crippen molar-refractivity contribution in [3.8, 4) is 17.2 Å². The van der Waals surface area contributed by atoms with Crippen molar-refractivity contribution < 1.29 is 18.9 Å². The molecule has 0 unspecified atom stereocenters. The predicted molar refractivity (Wildman–Crippen MR) is 76.7 cm³/mol. The van der Waals surface area contributed by atoms with Crippen molar-refractivity contribution in [3.05, 3.63) is 12.1 Å². The molecule has 0 spiro atoms. The van der Waals surface area contributed by atoms with E-state index in [0.717, 1.165) is 32.8 Å². The van der Waals surface area contributed by atoms with Crippen LogP contribution in [0.2, 0.25) is 0 Å². The Bertz CT molecular complexity index is 433. The minimum absolute atomic E-state index is 0.532. The molecule has 0 aliphatic carbocycles. The molecule has 0 aromatic heterocycles. The second-order valence-electron chi connectivity index (χ2n) is 4.55. The Hall–Kier alpha value is -1.66. The molecule has 2 N–H and O–H groups in total. The normalized spacial score (nSPS) is 15.9. The van der Waals surface area contributed by atoms with E-state index in [1.807, 2.05) is 0 Å². The van der Waals surface area contributed by atoms with E-state index in [1.54, 1.807) is 26.4 Å². The third-order valence-corrected chi connectivity index (χ3v) is 3.28. The smallest absolute Gasteiger partial charge is 0.165 e. The molecule has 6 nitrogen and oxygen atoms in total. The van der Waals surface area contributed by atoms with Gasteiger partial charge in [-0.3, -0.25) is 4.90 Å². The van der Waals surface area contributed by atoms with Gasteiger partial charge in [-0.15, -0.1) is 0 Å². The molecule has 0 radical (unpaired) electrons. The summed E-state index contributed by atoms with van der Waals surface area (Å²) in [5, 5.41) is 0. The summed E-state index contributed by atoms with van der Waals surface area (Å²) in [7, 11) is 3.17. The lowest BCUT2D eigenvalue weighted by Crippen LogP contribution is -2.38. The van der Waals surface area contributed by atoms with Crippen LogP contribution in [0.3, 0.4) is 0 Å². The zero-order valence-corrected chi connectivity index (χ0v) is 12.1. The van der Waals surface area contributed by atoms with Crippen LogP contribution in [0.15, 0.2) is 12.1 Å². The van der Waals surface area contributed by atoms with E-state index in [9.17, 15) is 0 Å². The van der Waals surface area contributed by atoms with Crippen molar-refractivity contribution in [1.82, 2.24) is 4.90 Å². The summed E-state index contributed by atoms with van der Waals surface area (Å²) in [6.07, 6.45) is 0. The molecule has 112 valence electrons. The van der Waals surface area contributed by atoms with Crippen LogP contribution < -0.4 is 19.9 Å². The van der Waals surface area contributed by atoms with E-state index in [-0.39, 0.29) is 0 Å². The van der Waals surface area contributed by atoms with Crippen LogP contribution in [0.25, 0.3) is 0 Å². The Labute approximate surface area is 119 Å². The summed E-state index contributed by atoms with van der Waals surface area (Å²) in [5.74, 6) is 1.85. The fourth-order valence-corrected chi connectivity index (χ4v) is 2.12. The third kappa shape index (κ3) is 3.68. The second kappa shape index (κ2) is 7.21. The van der Waals surface area contributed by atoms with E-state index in [1.165, 1.54) is 0 Å². The van der Waals surface area contributed by atoms with E-state index < -0.39 is 0 Å². The van der Waals surface area contributed by atoms with Gasteiger partial charge in [0.25, 0.3) is 0 Å². The van der Waals surface area contributed by atoms with Crippen molar-refractivity contribution >= 4 is 5.69 Å². The van der Waals surface area contributed by atoms with Gasteiger partial charge >= 0.3 is 0 Å². The molecule has 1 saturated heterocycles. The fraction of sp³-hybridized carbons (Fsp3) is 0.571. The second-order valence-corrected chi connectivity index (χ2v) is 4.55. The number of ether oxygens (including phenoxy) is 4. The van der Waals surface area contributed by atoms with Gasteiger partial charge in [0.2, 0.25) is 0 Å². The summed E-state index contributed by atoms with van der Waals surface area (Å²) in [4.78, 5) is 2.31. The summed E-state index contributed by atoms with van der Waals surface area (Å²) < 4.78 is 21.6. The van der Waals surface area contributed by atoms with Gasteiger partial charge in [0, 0.05) is 31.8 Å². The maximum Gasteiger partial charge on any atom is 0.165 e. The van der Waals surface area contributed by atoms with Gasteiger partial charge in [0.15, 0.2) is 11.5 Å². The van der Waals surface area contributed by atoms with Gasteiger partial charge < -0.3 is 24.7 Å². The maximum atomic E-state index is 5.84. The molecule has 0 saturated carbocycles. The summed E-state index contributed by atoms with van der Waals surface area (Å²) in [6, 6.07) is 3.47. The lowest BCUT2D eigenvalue weighted by molar-refractivity contribution is 0.0321. The number of benzene rings is 1. The van der Waals surface area contributed by atoms with Crippen LogP contribution in [0.5, 0.6) is 17.2 Å². The summed E-state index contributed by atoms with van der Waals surface area (Å²) >= 11 is 0. The molecule has 1 aromatic carbocycles. The number of morpholine rings is 1. The van der Waals surface area contributed by atoms with Gasteiger partial charge in [-0.05, 0) is 0 Å². The Morgan fingerprint density at radius 3 is 2.45 bits per heavy atom. The van der Waals surface area contributed by atoms with Crippen molar-refractivity contribution in [1.29, 1.82) is 0 Å². The number of hydrogen-bond donors (Lipinski definition) is 1. The van der Waals surface area contributed by atoms with Crippen molar-refractivity contribution in [3.63, 3.8) is 0 Å². The molecular weight excluding hydrogens is 260 g/mol. The molecule has 20 heavy (non-hydrogen) atoms. The molecular formula is C14H22N2O4. The molecule has 0 atom stereocenters. The molecule has 0 amide bonds. The first kappa shape index (κ1) is 14.7. The molecule has 1 aromatic rings. The Balaban J connectivity index is 1.93. The average molecular weight is 282 g/mol. The van der Waals surface area contributed by atoms with Crippen LogP contribution >= 0.6 is 0 Å². The number of nitrogens with zero attached hydrogens (tertiary/aromatic N) is 1. The molecule has 1 aliphatic heterocycles. The van der Waals surface area contributed by atoms with Crippen molar-refractivity contribution in [2.45, 2.75) is 0 Å². The van der Waals surface area contributed by atoms with E-state index in [2.05, 4.69) is 4.90 Å². The number of nitrogens with two attached hydrogens (primary N) is 1. The van der Waals surface area contributed by atoms with Gasteiger partial charge in [0.1, 0.15) is 12.4 Å². The Morgan fingerprint density at radius 1 is 1.10 bits per heavy atom. The predicted octanol–water partition coefficient (Wildman–Crippen LogP) is 0.997. The number of hydrogen-bond acceptors (Lipinski definition) is 6. The van der Waals surface area contributed by atoms with Crippen LogP contribution in [-0.4, -0.2) is 58.6 Å². The first-order valence-electron chi connectivity index (χ1n) is 6.69. The Kier molecular flexibility index (Phi) is 5.31. The highest BCUT2D eigenvalue weighted by Crippen LogP contribution is 2.36. The number of anilines is 1. The van der Waals surface area contributed by atoms with Gasteiger partial charge in [-0.1, -0.05) is 0 Å². The highest BCUT2D eigenvalue weighted by Gasteiger charge is 2.13. The van der Waals surface area contributed by atoms with Gasteiger partial charge in [0.05, 0.1) is 33.1 Å². The highest BCUT2D eigenvalue weighted by atomic mass is 16.5. The molecule has 0 bridgehead atoms. The summed E-state index contributed by atoms with van der Waals surface area (Å²) in [5.41, 5.74) is 6.37. The third-order valence-electron chi connectivity index (χ3n) is 3.28. The Morgan fingerprint density at radius 2 is 1.80 bits per heavy atom. The molecule has 6 heteroatoms. The van der Waals surface area contributed by atoms with Gasteiger partial charge in [-0.2, -0.15) is 0 Å². The monoisotopic (exact) mass is 282 g/mol. The largest absolute Gasteiger partial charge is 0.494 e. The van der Waals surface area contributed by atoms with Crippen LogP contribution in [0.1, 0.15) is 0 Å². The highest BCUT2D eigenvalue weighted by molar-refractivity contribution is 5.61. The fourth-order valence-electron chi connectivity index (χ4n) is 2.12. The van der Waals surface area contributed by atoms with Crippen molar-refractivity contribution in [2.75, 3.05) is 59.4 Å². The zero-order chi connectivity index (χ0) is 14.4. The molecule has 2 rings (SSSR count). The minimum atomic E-state index is 0.532. The standard InChI is InChI=1S/C14H22N2O4/c1-17-12-10-14(13(18-2)9-11(12)15)20-8-5-16-3-6-19-7-4-16/h9-10H,3-8,15H2,1-2H3. The first-order chi connectivity index (χ1) is 9.74. The molecule has 1 fully saturated rings. The molecule has 1 aliphatic rings. The van der Waals surface area contributed by atoms with E-state index in [0.29, 0.717) is 29.5 Å². The SMILES string of the molecule is COc1cc(OCCN2CCOCC2)c(OC)cc1N. The first-order valence-corrected chi connectivity index (χ1v) is 6.69. The maximum absolute atomic E-state index is 5.84. The quantitative estimate of drug-likeness (QED) is 0.785. The van der Waals surface area contributed by atoms with Crippen LogP contribution in [0, 0.1) is 0 Å². The number of nitrogen functional groups attached to an aromatic ring is 1. The van der Waals surface area contributed by atoms with Gasteiger partial charge in [-0.25, -0.2) is 0 Å². The van der Waals surface area contributed by atoms with E-state index in [4.69, 9.17) is 24.7 Å². The number of rotatable bonds is 6. The average Bonchev–Trinajstić information content (AvgIpc) is 2.49. The van der Waals surface area contributed by atoms with Crippen LogP contribution in [-0.2, 0) is 4.74 Å². The van der Waals surface area contributed by atoms with E-state index >= 15 is 0 Å². The minimum Gasteiger partial charge on any atom is -0.494 e. The summed E-state index contributed by atoms with van der Waals surface area (Å²) in [6.45, 7) is 4.93. The zero-order valence-electron chi connectivity index (χ0n) is 12.1. The van der Waals surface area contributed by atoms with Crippen molar-refractivity contribution in [2.24, 2.45) is 0 Å². The van der Waals surface area contributed by atoms with Crippen LogP contribution in [0.4, 0.5) is 5.69 Å². The lowest BCUT2D eigenvalue weighted by atomic mass is 10.2.